The summed E-state index contributed by atoms with van der Waals surface area (Å²) in [5.74, 6) is 0.200. The van der Waals surface area contributed by atoms with Crippen molar-refractivity contribution in [2.75, 3.05) is 32.7 Å². The van der Waals surface area contributed by atoms with Crippen LogP contribution in [0, 0.1) is 0 Å². The van der Waals surface area contributed by atoms with Crippen LogP contribution in [0.3, 0.4) is 0 Å². The summed E-state index contributed by atoms with van der Waals surface area (Å²) in [7, 11) is 0. The van der Waals surface area contributed by atoms with Gasteiger partial charge in [-0.2, -0.15) is 0 Å². The van der Waals surface area contributed by atoms with Gasteiger partial charge < -0.3 is 10.6 Å². The van der Waals surface area contributed by atoms with E-state index >= 15 is 0 Å². The molecule has 86 valence electrons. The maximum atomic E-state index is 11.8. The topological polar surface area (TPSA) is 49.6 Å². The minimum Gasteiger partial charge on any atom is -0.392 e. The zero-order valence-electron chi connectivity index (χ0n) is 9.24. The van der Waals surface area contributed by atoms with E-state index in [0.29, 0.717) is 18.1 Å². The maximum Gasteiger partial charge on any atom is 0.236 e. The first kappa shape index (κ1) is 12.4. The fourth-order valence-electron chi connectivity index (χ4n) is 1.76. The van der Waals surface area contributed by atoms with Crippen LogP contribution in [-0.2, 0) is 4.79 Å². The smallest absolute Gasteiger partial charge is 0.236 e. The quantitative estimate of drug-likeness (QED) is 0.685. The van der Waals surface area contributed by atoms with Gasteiger partial charge in [0.1, 0.15) is 0 Å². The van der Waals surface area contributed by atoms with E-state index in [2.05, 4.69) is 0 Å². The van der Waals surface area contributed by atoms with Crippen LogP contribution in [0.15, 0.2) is 0 Å². The van der Waals surface area contributed by atoms with Crippen molar-refractivity contribution in [2.45, 2.75) is 19.8 Å². The van der Waals surface area contributed by atoms with E-state index in [1.165, 1.54) is 0 Å². The molecule has 0 aromatic carbocycles. The maximum absolute atomic E-state index is 11.8. The van der Waals surface area contributed by atoms with Crippen molar-refractivity contribution < 1.29 is 4.79 Å². The van der Waals surface area contributed by atoms with Crippen LogP contribution < -0.4 is 5.73 Å². The van der Waals surface area contributed by atoms with Crippen molar-refractivity contribution in [1.82, 2.24) is 9.80 Å². The number of carbonyl (C=O) groups is 1. The molecule has 5 heteroatoms. The highest BCUT2D eigenvalue weighted by Gasteiger charge is 2.19. The lowest BCUT2D eigenvalue weighted by molar-refractivity contribution is -0.131. The third kappa shape index (κ3) is 4.13. The van der Waals surface area contributed by atoms with Crippen molar-refractivity contribution in [2.24, 2.45) is 5.73 Å². The second-order valence-electron chi connectivity index (χ2n) is 3.86. The molecule has 0 spiro atoms. The van der Waals surface area contributed by atoms with E-state index in [-0.39, 0.29) is 5.91 Å². The van der Waals surface area contributed by atoms with Gasteiger partial charge >= 0.3 is 0 Å². The first-order chi connectivity index (χ1) is 7.13. The number of rotatable bonds is 5. The number of carbonyl (C=O) groups excluding carboxylic acids is 1. The monoisotopic (exact) mass is 229 g/mol. The van der Waals surface area contributed by atoms with Gasteiger partial charge in [0.05, 0.1) is 11.5 Å². The van der Waals surface area contributed by atoms with Crippen molar-refractivity contribution in [3.63, 3.8) is 0 Å². The van der Waals surface area contributed by atoms with Crippen LogP contribution in [0.4, 0.5) is 0 Å². The second kappa shape index (κ2) is 6.02. The summed E-state index contributed by atoms with van der Waals surface area (Å²) in [5.41, 5.74) is 5.46. The fourth-order valence-corrected chi connectivity index (χ4v) is 1.94. The molecule has 0 aromatic rings. The normalized spacial score (nSPS) is 16.0. The van der Waals surface area contributed by atoms with Gasteiger partial charge in [-0.15, -0.1) is 0 Å². The number of nitrogens with zero attached hydrogens (tertiary/aromatic N) is 2. The molecule has 1 saturated heterocycles. The van der Waals surface area contributed by atoms with Crippen LogP contribution >= 0.6 is 12.2 Å². The third-order valence-corrected chi connectivity index (χ3v) is 2.77. The molecule has 1 aliphatic rings. The van der Waals surface area contributed by atoms with E-state index in [1.807, 2.05) is 16.7 Å². The third-order valence-electron chi connectivity index (χ3n) is 2.64. The number of hydrogen-bond acceptors (Lipinski definition) is 3. The molecule has 0 saturated carbocycles. The van der Waals surface area contributed by atoms with Gasteiger partial charge in [-0.3, -0.25) is 9.69 Å². The van der Waals surface area contributed by atoms with E-state index in [4.69, 9.17) is 18.0 Å². The Morgan fingerprint density at radius 3 is 2.47 bits per heavy atom. The number of likely N-dealkylation sites (N-methyl/N-ethyl adjacent to an activating group) is 1. The van der Waals surface area contributed by atoms with E-state index < -0.39 is 0 Å². The summed E-state index contributed by atoms with van der Waals surface area (Å²) in [4.78, 5) is 16.1. The molecule has 0 bridgehead atoms. The Kier molecular flexibility index (Phi) is 4.98. The first-order valence-corrected chi connectivity index (χ1v) is 5.82. The average Bonchev–Trinajstić information content (AvgIpc) is 2.68. The van der Waals surface area contributed by atoms with E-state index in [9.17, 15) is 4.79 Å². The molecule has 0 atom stereocenters. The molecular weight excluding hydrogens is 210 g/mol. The highest BCUT2D eigenvalue weighted by Crippen LogP contribution is 2.07. The molecule has 0 radical (unpaired) electrons. The fraction of sp³-hybridized carbons (Fsp3) is 0.800. The van der Waals surface area contributed by atoms with E-state index in [0.717, 1.165) is 32.5 Å². The van der Waals surface area contributed by atoms with Crippen molar-refractivity contribution in [3.05, 3.63) is 0 Å². The molecule has 2 N–H and O–H groups in total. The lowest BCUT2D eigenvalue weighted by Crippen LogP contribution is -2.41. The summed E-state index contributed by atoms with van der Waals surface area (Å²) in [6.45, 7) is 5.60. The molecule has 0 aliphatic carbocycles. The number of amides is 1. The standard InChI is InChI=1S/C10H19N3OS/c1-2-12(7-9(11)15)8-10(14)13-5-3-4-6-13/h2-8H2,1H3,(H2,11,15). The minimum absolute atomic E-state index is 0.200. The summed E-state index contributed by atoms with van der Waals surface area (Å²) < 4.78 is 0. The Morgan fingerprint density at radius 1 is 1.40 bits per heavy atom. The molecule has 4 nitrogen and oxygen atoms in total. The Bertz CT molecular complexity index is 239. The Hall–Kier alpha value is -0.680. The predicted molar refractivity (Wildman–Crippen MR) is 64.7 cm³/mol. The average molecular weight is 229 g/mol. The molecule has 0 unspecified atom stereocenters. The second-order valence-corrected chi connectivity index (χ2v) is 4.38. The Labute approximate surface area is 96.4 Å². The minimum atomic E-state index is 0.200. The number of thiocarbonyl (C=S) groups is 1. The van der Waals surface area contributed by atoms with Crippen LogP contribution in [0.1, 0.15) is 19.8 Å². The summed E-state index contributed by atoms with van der Waals surface area (Å²) >= 11 is 4.84. The molecule has 15 heavy (non-hydrogen) atoms. The SMILES string of the molecule is CCN(CC(=O)N1CCCC1)CC(N)=S. The van der Waals surface area contributed by atoms with Crippen LogP contribution in [0.2, 0.25) is 0 Å². The van der Waals surface area contributed by atoms with Crippen molar-refractivity contribution >= 4 is 23.1 Å². The van der Waals surface area contributed by atoms with Crippen molar-refractivity contribution in [1.29, 1.82) is 0 Å². The van der Waals surface area contributed by atoms with Crippen molar-refractivity contribution in [3.8, 4) is 0 Å². The largest absolute Gasteiger partial charge is 0.392 e. The Morgan fingerprint density at radius 2 is 2.00 bits per heavy atom. The molecule has 1 heterocycles. The summed E-state index contributed by atoms with van der Waals surface area (Å²) in [5, 5.41) is 0. The molecule has 1 amide bonds. The molecule has 0 aromatic heterocycles. The van der Waals surface area contributed by atoms with Gasteiger partial charge in [0, 0.05) is 19.6 Å². The van der Waals surface area contributed by atoms with Gasteiger partial charge in [-0.05, 0) is 19.4 Å². The van der Waals surface area contributed by atoms with Crippen LogP contribution in [0.5, 0.6) is 0 Å². The van der Waals surface area contributed by atoms with Gasteiger partial charge in [0.15, 0.2) is 0 Å². The van der Waals surface area contributed by atoms with Gasteiger partial charge in [-0.1, -0.05) is 19.1 Å². The zero-order valence-corrected chi connectivity index (χ0v) is 10.1. The molecular formula is C10H19N3OS. The number of nitrogens with two attached hydrogens (primary N) is 1. The highest BCUT2D eigenvalue weighted by molar-refractivity contribution is 7.80. The lowest BCUT2D eigenvalue weighted by Gasteiger charge is -2.22. The van der Waals surface area contributed by atoms with Crippen LogP contribution in [0.25, 0.3) is 0 Å². The molecule has 1 fully saturated rings. The number of likely N-dealkylation sites (tertiary alicyclic amines) is 1. The number of hydrogen-bond donors (Lipinski definition) is 1. The summed E-state index contributed by atoms with van der Waals surface area (Å²) in [6, 6.07) is 0. The summed E-state index contributed by atoms with van der Waals surface area (Å²) in [6.07, 6.45) is 2.26. The van der Waals surface area contributed by atoms with Crippen LogP contribution in [-0.4, -0.2) is 53.4 Å². The zero-order chi connectivity index (χ0) is 11.3. The molecule has 1 rings (SSSR count). The first-order valence-electron chi connectivity index (χ1n) is 5.42. The molecule has 1 aliphatic heterocycles. The predicted octanol–water partition coefficient (Wildman–Crippen LogP) is 0.217. The van der Waals surface area contributed by atoms with Gasteiger partial charge in [0.2, 0.25) is 5.91 Å². The highest BCUT2D eigenvalue weighted by atomic mass is 32.1. The lowest BCUT2D eigenvalue weighted by atomic mass is 10.4. The van der Waals surface area contributed by atoms with E-state index in [1.54, 1.807) is 0 Å². The Balaban J connectivity index is 2.36. The van der Waals surface area contributed by atoms with Gasteiger partial charge in [-0.25, -0.2) is 0 Å². The van der Waals surface area contributed by atoms with Gasteiger partial charge in [0.25, 0.3) is 0 Å².